The Morgan fingerprint density at radius 2 is 2.12 bits per heavy atom. The fraction of sp³-hybridized carbons (Fsp3) is 0.231. The minimum absolute atomic E-state index is 0.0970. The third-order valence-corrected chi connectivity index (χ3v) is 3.29. The number of aryl methyl sites for hydroxylation is 1. The van der Waals surface area contributed by atoms with Crippen LogP contribution in [0.5, 0.6) is 5.88 Å². The van der Waals surface area contributed by atoms with Crippen LogP contribution < -0.4 is 15.8 Å². The van der Waals surface area contributed by atoms with E-state index in [1.54, 1.807) is 14.0 Å². The van der Waals surface area contributed by atoms with E-state index in [0.29, 0.717) is 5.69 Å². The molecule has 0 unspecified atom stereocenters. The molecule has 0 atom stereocenters. The van der Waals surface area contributed by atoms with E-state index < -0.39 is 16.7 Å². The highest BCUT2D eigenvalue weighted by Crippen LogP contribution is 2.24. The summed E-state index contributed by atoms with van der Waals surface area (Å²) in [5.74, 6) is -1.67. The number of hydrogen-bond donors (Lipinski definition) is 2. The van der Waals surface area contributed by atoms with Crippen LogP contribution in [-0.4, -0.2) is 38.6 Å². The molecule has 0 aromatic carbocycles. The number of pyridine rings is 1. The number of carbonyl (C=O) groups excluding carboxylic acids is 2. The topological polar surface area (TPSA) is 155 Å². The summed E-state index contributed by atoms with van der Waals surface area (Å²) in [4.78, 5) is 37.8. The van der Waals surface area contributed by atoms with E-state index in [1.165, 1.54) is 11.8 Å². The van der Waals surface area contributed by atoms with Gasteiger partial charge >= 0.3 is 0 Å². The molecule has 2 rings (SSSR count). The van der Waals surface area contributed by atoms with E-state index in [1.807, 2.05) is 0 Å². The number of hydrogen-bond acceptors (Lipinski definition) is 7. The first kappa shape index (κ1) is 16.9. The highest BCUT2D eigenvalue weighted by atomic mass is 16.6. The average Bonchev–Trinajstić information content (AvgIpc) is 2.82. The molecule has 0 fully saturated rings. The van der Waals surface area contributed by atoms with Crippen molar-refractivity contribution in [2.75, 3.05) is 12.4 Å². The second kappa shape index (κ2) is 6.32. The zero-order valence-electron chi connectivity index (χ0n) is 13.1. The number of nitro groups is 1. The van der Waals surface area contributed by atoms with Gasteiger partial charge < -0.3 is 15.8 Å². The van der Waals surface area contributed by atoms with Gasteiger partial charge in [-0.1, -0.05) is 0 Å². The lowest BCUT2D eigenvalue weighted by Crippen LogP contribution is -2.19. The SMILES string of the molecule is COc1ncc([N+](=O)[O-])cc1C(=O)Nc1c(C(N)=O)nn(C)c1C. The van der Waals surface area contributed by atoms with Gasteiger partial charge in [-0.3, -0.25) is 24.4 Å². The molecule has 126 valence electrons. The standard InChI is InChI=1S/C13H14N6O5/c1-6-9(10(11(14)20)17-18(6)2)16-12(21)8-4-7(19(22)23)5-15-13(8)24-3/h4-5H,1-3H3,(H2,14,20)(H,16,21). The van der Waals surface area contributed by atoms with Gasteiger partial charge in [0.2, 0.25) is 5.88 Å². The van der Waals surface area contributed by atoms with Crippen molar-refractivity contribution in [1.82, 2.24) is 14.8 Å². The maximum Gasteiger partial charge on any atom is 0.288 e. The number of amides is 2. The number of nitrogens with one attached hydrogen (secondary N) is 1. The highest BCUT2D eigenvalue weighted by Gasteiger charge is 2.23. The lowest BCUT2D eigenvalue weighted by atomic mass is 10.2. The van der Waals surface area contributed by atoms with Crippen LogP contribution in [0.1, 0.15) is 26.5 Å². The van der Waals surface area contributed by atoms with Crippen LogP contribution in [-0.2, 0) is 7.05 Å². The van der Waals surface area contributed by atoms with Gasteiger partial charge in [0, 0.05) is 13.1 Å². The van der Waals surface area contributed by atoms with Crippen LogP contribution in [0.15, 0.2) is 12.3 Å². The van der Waals surface area contributed by atoms with Gasteiger partial charge in [-0.15, -0.1) is 0 Å². The molecule has 2 heterocycles. The van der Waals surface area contributed by atoms with E-state index in [0.717, 1.165) is 12.3 Å². The maximum absolute atomic E-state index is 12.5. The first-order valence-electron chi connectivity index (χ1n) is 6.59. The second-order valence-corrected chi connectivity index (χ2v) is 4.76. The number of rotatable bonds is 5. The molecule has 24 heavy (non-hydrogen) atoms. The molecule has 2 aromatic heterocycles. The van der Waals surface area contributed by atoms with Gasteiger partial charge in [0.1, 0.15) is 11.8 Å². The molecule has 0 aliphatic carbocycles. The van der Waals surface area contributed by atoms with Crippen LogP contribution in [0.25, 0.3) is 0 Å². The number of methoxy groups -OCH3 is 1. The van der Waals surface area contributed by atoms with E-state index in [9.17, 15) is 19.7 Å². The molecule has 0 radical (unpaired) electrons. The highest BCUT2D eigenvalue weighted by molar-refractivity contribution is 6.09. The van der Waals surface area contributed by atoms with Crippen LogP contribution in [0, 0.1) is 17.0 Å². The Hall–Kier alpha value is -3.50. The predicted molar refractivity (Wildman–Crippen MR) is 81.9 cm³/mol. The average molecular weight is 334 g/mol. The molecule has 0 bridgehead atoms. The summed E-state index contributed by atoms with van der Waals surface area (Å²) >= 11 is 0. The predicted octanol–water partition coefficient (Wildman–Crippen LogP) is 0.392. The van der Waals surface area contributed by atoms with E-state index in [2.05, 4.69) is 15.4 Å². The summed E-state index contributed by atoms with van der Waals surface area (Å²) in [6, 6.07) is 1.02. The fourth-order valence-corrected chi connectivity index (χ4v) is 1.98. The maximum atomic E-state index is 12.5. The minimum Gasteiger partial charge on any atom is -0.480 e. The van der Waals surface area contributed by atoms with Crippen molar-refractivity contribution in [3.05, 3.63) is 39.3 Å². The molecular formula is C13H14N6O5. The number of primary amides is 1. The van der Waals surface area contributed by atoms with Crippen molar-refractivity contribution in [3.8, 4) is 5.88 Å². The van der Waals surface area contributed by atoms with Crippen molar-refractivity contribution < 1.29 is 19.2 Å². The number of anilines is 1. The Bertz CT molecular complexity index is 844. The van der Waals surface area contributed by atoms with Crippen molar-refractivity contribution in [2.24, 2.45) is 12.8 Å². The molecule has 11 nitrogen and oxygen atoms in total. The van der Waals surface area contributed by atoms with E-state index >= 15 is 0 Å². The smallest absolute Gasteiger partial charge is 0.288 e. The number of ether oxygens (including phenoxy) is 1. The minimum atomic E-state index is -0.821. The van der Waals surface area contributed by atoms with E-state index in [-0.39, 0.29) is 28.5 Å². The Balaban J connectivity index is 2.46. The van der Waals surface area contributed by atoms with Crippen molar-refractivity contribution >= 4 is 23.2 Å². The summed E-state index contributed by atoms with van der Waals surface area (Å²) in [5, 5.41) is 17.2. The Labute approximate surface area is 135 Å². The molecular weight excluding hydrogens is 320 g/mol. The van der Waals surface area contributed by atoms with Crippen molar-refractivity contribution in [1.29, 1.82) is 0 Å². The zero-order chi connectivity index (χ0) is 18.0. The third-order valence-electron chi connectivity index (χ3n) is 3.29. The summed E-state index contributed by atoms with van der Waals surface area (Å²) in [5.41, 5.74) is 5.17. The molecule has 0 aliphatic heterocycles. The first-order valence-corrected chi connectivity index (χ1v) is 6.59. The summed E-state index contributed by atoms with van der Waals surface area (Å²) in [6.07, 6.45) is 0.972. The zero-order valence-corrected chi connectivity index (χ0v) is 13.1. The molecule has 3 N–H and O–H groups in total. The molecule has 2 amide bonds. The van der Waals surface area contributed by atoms with Gasteiger partial charge in [-0.25, -0.2) is 4.98 Å². The van der Waals surface area contributed by atoms with Crippen molar-refractivity contribution in [2.45, 2.75) is 6.92 Å². The third kappa shape index (κ3) is 2.99. The van der Waals surface area contributed by atoms with Gasteiger partial charge in [-0.2, -0.15) is 5.10 Å². The molecule has 0 spiro atoms. The van der Waals surface area contributed by atoms with Crippen LogP contribution in [0.4, 0.5) is 11.4 Å². The van der Waals surface area contributed by atoms with Crippen molar-refractivity contribution in [3.63, 3.8) is 0 Å². The largest absolute Gasteiger partial charge is 0.480 e. The lowest BCUT2D eigenvalue weighted by Gasteiger charge is -2.08. The van der Waals surface area contributed by atoms with Gasteiger partial charge in [0.15, 0.2) is 5.69 Å². The van der Waals surface area contributed by atoms with Gasteiger partial charge in [0.05, 0.1) is 23.4 Å². The number of nitrogens with zero attached hydrogens (tertiary/aromatic N) is 4. The van der Waals surface area contributed by atoms with Crippen LogP contribution >= 0.6 is 0 Å². The number of nitrogens with two attached hydrogens (primary N) is 1. The number of aromatic nitrogens is 3. The Kier molecular flexibility index (Phi) is 4.44. The molecule has 2 aromatic rings. The van der Waals surface area contributed by atoms with Gasteiger partial charge in [0.25, 0.3) is 17.5 Å². The van der Waals surface area contributed by atoms with Crippen LogP contribution in [0.3, 0.4) is 0 Å². The molecule has 11 heteroatoms. The fourth-order valence-electron chi connectivity index (χ4n) is 1.98. The molecule has 0 aliphatic rings. The van der Waals surface area contributed by atoms with E-state index in [4.69, 9.17) is 10.5 Å². The second-order valence-electron chi connectivity index (χ2n) is 4.76. The quantitative estimate of drug-likeness (QED) is 0.591. The molecule has 0 saturated carbocycles. The monoisotopic (exact) mass is 334 g/mol. The van der Waals surface area contributed by atoms with Gasteiger partial charge in [-0.05, 0) is 6.92 Å². The first-order chi connectivity index (χ1) is 11.3. The van der Waals surface area contributed by atoms with Crippen LogP contribution in [0.2, 0.25) is 0 Å². The summed E-state index contributed by atoms with van der Waals surface area (Å²) < 4.78 is 6.32. The number of carbonyl (C=O) groups is 2. The molecule has 0 saturated heterocycles. The normalized spacial score (nSPS) is 10.3. The Morgan fingerprint density at radius 3 is 2.67 bits per heavy atom. The lowest BCUT2D eigenvalue weighted by molar-refractivity contribution is -0.385. The summed E-state index contributed by atoms with van der Waals surface area (Å²) in [7, 11) is 2.85. The summed E-state index contributed by atoms with van der Waals surface area (Å²) in [6.45, 7) is 1.62. The Morgan fingerprint density at radius 1 is 1.46 bits per heavy atom.